The number of carbonyl (C=O) groups is 1. The number of aliphatic hydroxyl groups excluding tert-OH is 2. The van der Waals surface area contributed by atoms with Gasteiger partial charge < -0.3 is 20.1 Å². The third-order valence-electron chi connectivity index (χ3n) is 13.1. The van der Waals surface area contributed by atoms with Crippen LogP contribution in [0.25, 0.3) is 0 Å². The molecule has 5 nitrogen and oxygen atoms in total. The van der Waals surface area contributed by atoms with Crippen molar-refractivity contribution in [2.45, 2.75) is 131 Å². The molecule has 1 saturated heterocycles. The Balaban J connectivity index is 1.42. The van der Waals surface area contributed by atoms with Gasteiger partial charge in [0.2, 0.25) is 0 Å². The van der Waals surface area contributed by atoms with Gasteiger partial charge in [-0.05, 0) is 110 Å². The molecule has 1 aliphatic heterocycles. The SMILES string of the molecule is C[C@@H]1C[C@H]([C@H](O)C(C)(C)O)OC(=O)[C@H]1[C@@]1(C)CC[C@@]23C[C@@]24CC[C@H](O)C(C)(C)[C@@H]4CC[C@H]3C1(C)C. The van der Waals surface area contributed by atoms with Crippen LogP contribution in [0.5, 0.6) is 0 Å². The summed E-state index contributed by atoms with van der Waals surface area (Å²) in [7, 11) is 0. The first-order valence-electron chi connectivity index (χ1n) is 14.2. The third kappa shape index (κ3) is 3.19. The lowest BCUT2D eigenvalue weighted by Gasteiger charge is -2.65. The standard InChI is InChI=1S/C30H50O5/c1-17-15-18(23(32)27(6,7)34)35-24(33)22(17)28(8)13-14-30-16-29(30)12-11-21(31)25(2,3)19(29)9-10-20(30)26(28,4)5/h17-23,31-32,34H,9-16H2,1-8H3/t17-,18-,19+,20+,21+,22+,23+,28-,29-,30+/m1/s1. The third-order valence-corrected chi connectivity index (χ3v) is 13.1. The molecule has 2 spiro atoms. The van der Waals surface area contributed by atoms with Crippen molar-refractivity contribution in [1.29, 1.82) is 0 Å². The van der Waals surface area contributed by atoms with E-state index in [1.165, 1.54) is 25.7 Å². The fourth-order valence-electron chi connectivity index (χ4n) is 10.8. The molecule has 5 heteroatoms. The van der Waals surface area contributed by atoms with Crippen LogP contribution >= 0.6 is 0 Å². The largest absolute Gasteiger partial charge is 0.459 e. The van der Waals surface area contributed by atoms with Crippen molar-refractivity contribution in [2.24, 2.45) is 50.7 Å². The number of cyclic esters (lactones) is 1. The van der Waals surface area contributed by atoms with Gasteiger partial charge in [-0.2, -0.15) is 0 Å². The second kappa shape index (κ2) is 7.47. The Labute approximate surface area is 212 Å². The molecule has 3 N–H and O–H groups in total. The monoisotopic (exact) mass is 490 g/mol. The van der Waals surface area contributed by atoms with Crippen LogP contribution in [0.15, 0.2) is 0 Å². The van der Waals surface area contributed by atoms with E-state index in [2.05, 4.69) is 41.5 Å². The molecule has 0 aromatic rings. The van der Waals surface area contributed by atoms with Gasteiger partial charge in [0.05, 0.1) is 17.6 Å². The van der Waals surface area contributed by atoms with Gasteiger partial charge in [-0.15, -0.1) is 0 Å². The highest BCUT2D eigenvalue weighted by Gasteiger charge is 2.81. The molecule has 4 saturated carbocycles. The van der Waals surface area contributed by atoms with Crippen LogP contribution in [-0.2, 0) is 9.53 Å². The number of aliphatic hydroxyl groups is 3. The molecule has 0 bridgehead atoms. The Kier molecular flexibility index (Phi) is 5.54. The first-order chi connectivity index (χ1) is 16.0. The summed E-state index contributed by atoms with van der Waals surface area (Å²) in [6.07, 6.45) is 6.59. The van der Waals surface area contributed by atoms with E-state index in [1.807, 2.05) is 0 Å². The molecule has 35 heavy (non-hydrogen) atoms. The first kappa shape index (κ1) is 26.0. The van der Waals surface area contributed by atoms with Crippen molar-refractivity contribution in [3.63, 3.8) is 0 Å². The molecule has 4 aliphatic carbocycles. The lowest BCUT2D eigenvalue weighted by molar-refractivity contribution is -0.214. The maximum Gasteiger partial charge on any atom is 0.310 e. The van der Waals surface area contributed by atoms with E-state index in [-0.39, 0.29) is 40.2 Å². The predicted octanol–water partition coefficient (Wildman–Crippen LogP) is 5.10. The van der Waals surface area contributed by atoms with Gasteiger partial charge >= 0.3 is 5.97 Å². The van der Waals surface area contributed by atoms with E-state index in [0.29, 0.717) is 29.1 Å². The summed E-state index contributed by atoms with van der Waals surface area (Å²) in [6, 6.07) is 0. The van der Waals surface area contributed by atoms with Gasteiger partial charge in [0.1, 0.15) is 12.2 Å². The minimum atomic E-state index is -1.31. The van der Waals surface area contributed by atoms with E-state index >= 15 is 0 Å². The normalized spacial score (nSPS) is 51.3. The average Bonchev–Trinajstić information content (AvgIpc) is 3.40. The lowest BCUT2D eigenvalue weighted by Crippen LogP contribution is -2.62. The van der Waals surface area contributed by atoms with Crippen molar-refractivity contribution in [2.75, 3.05) is 0 Å². The Hall–Kier alpha value is -0.650. The van der Waals surface area contributed by atoms with Crippen molar-refractivity contribution in [1.82, 2.24) is 0 Å². The summed E-state index contributed by atoms with van der Waals surface area (Å²) in [5.41, 5.74) is -0.784. The van der Waals surface area contributed by atoms with Crippen LogP contribution < -0.4 is 0 Å². The molecule has 1 heterocycles. The van der Waals surface area contributed by atoms with Crippen LogP contribution in [0.4, 0.5) is 0 Å². The van der Waals surface area contributed by atoms with Gasteiger partial charge in [-0.1, -0.05) is 41.5 Å². The highest BCUT2D eigenvalue weighted by Crippen LogP contribution is 2.87. The summed E-state index contributed by atoms with van der Waals surface area (Å²) in [6.45, 7) is 17.1. The van der Waals surface area contributed by atoms with Gasteiger partial charge in [0.25, 0.3) is 0 Å². The Morgan fingerprint density at radius 3 is 2.17 bits per heavy atom. The number of rotatable bonds is 3. The zero-order valence-electron chi connectivity index (χ0n) is 23.4. The number of ether oxygens (including phenoxy) is 1. The number of esters is 1. The van der Waals surface area contributed by atoms with E-state index in [4.69, 9.17) is 4.74 Å². The highest BCUT2D eigenvalue weighted by atomic mass is 16.6. The Morgan fingerprint density at radius 1 is 0.971 bits per heavy atom. The zero-order chi connectivity index (χ0) is 26.0. The molecule has 5 rings (SSSR count). The summed E-state index contributed by atoms with van der Waals surface area (Å²) in [4.78, 5) is 13.6. The number of hydrogen-bond acceptors (Lipinski definition) is 5. The molecule has 0 amide bonds. The van der Waals surface area contributed by atoms with E-state index in [1.54, 1.807) is 13.8 Å². The molecule has 200 valence electrons. The predicted molar refractivity (Wildman–Crippen MR) is 135 cm³/mol. The maximum atomic E-state index is 13.6. The van der Waals surface area contributed by atoms with Crippen molar-refractivity contribution in [3.8, 4) is 0 Å². The van der Waals surface area contributed by atoms with E-state index < -0.39 is 17.8 Å². The Bertz CT molecular complexity index is 888. The van der Waals surface area contributed by atoms with Gasteiger partial charge in [0.15, 0.2) is 0 Å². The second-order valence-electron chi connectivity index (χ2n) is 15.5. The topological polar surface area (TPSA) is 87.0 Å². The van der Waals surface area contributed by atoms with Crippen LogP contribution in [0.1, 0.15) is 107 Å². The number of carbonyl (C=O) groups excluding carboxylic acids is 1. The summed E-state index contributed by atoms with van der Waals surface area (Å²) in [5, 5.41) is 31.8. The first-order valence-corrected chi connectivity index (χ1v) is 14.2. The van der Waals surface area contributed by atoms with E-state index in [0.717, 1.165) is 19.3 Å². The maximum absolute atomic E-state index is 13.6. The lowest BCUT2D eigenvalue weighted by atomic mass is 9.40. The fourth-order valence-corrected chi connectivity index (χ4v) is 10.8. The average molecular weight is 491 g/mol. The number of hydrogen-bond donors (Lipinski definition) is 3. The van der Waals surface area contributed by atoms with Crippen molar-refractivity contribution >= 4 is 5.97 Å². The molecule has 0 aromatic carbocycles. The zero-order valence-corrected chi connectivity index (χ0v) is 23.4. The van der Waals surface area contributed by atoms with Crippen molar-refractivity contribution < 1.29 is 24.9 Å². The molecule has 10 atom stereocenters. The van der Waals surface area contributed by atoms with E-state index in [9.17, 15) is 20.1 Å². The van der Waals surface area contributed by atoms with Crippen molar-refractivity contribution in [3.05, 3.63) is 0 Å². The van der Waals surface area contributed by atoms with Crippen LogP contribution in [-0.4, -0.2) is 45.2 Å². The van der Waals surface area contributed by atoms with Gasteiger partial charge in [-0.25, -0.2) is 0 Å². The molecule has 0 aromatic heterocycles. The highest BCUT2D eigenvalue weighted by molar-refractivity contribution is 5.75. The quantitative estimate of drug-likeness (QED) is 0.479. The Morgan fingerprint density at radius 2 is 1.57 bits per heavy atom. The second-order valence-corrected chi connectivity index (χ2v) is 15.5. The van der Waals surface area contributed by atoms with Crippen LogP contribution in [0.3, 0.4) is 0 Å². The molecule has 0 unspecified atom stereocenters. The summed E-state index contributed by atoms with van der Waals surface area (Å²) < 4.78 is 5.89. The summed E-state index contributed by atoms with van der Waals surface area (Å²) in [5.74, 6) is 0.875. The molecule has 5 fully saturated rings. The molecular weight excluding hydrogens is 440 g/mol. The van der Waals surface area contributed by atoms with Gasteiger partial charge in [-0.3, -0.25) is 4.79 Å². The molecular formula is C30H50O5. The fraction of sp³-hybridized carbons (Fsp3) is 0.967. The van der Waals surface area contributed by atoms with Crippen LogP contribution in [0, 0.1) is 50.7 Å². The minimum absolute atomic E-state index is 0.0143. The molecule has 0 radical (unpaired) electrons. The summed E-state index contributed by atoms with van der Waals surface area (Å²) >= 11 is 0. The van der Waals surface area contributed by atoms with Gasteiger partial charge in [0, 0.05) is 0 Å². The van der Waals surface area contributed by atoms with Crippen LogP contribution in [0.2, 0.25) is 0 Å². The molecule has 5 aliphatic rings. The smallest absolute Gasteiger partial charge is 0.310 e. The minimum Gasteiger partial charge on any atom is -0.459 e.